The zero-order valence-electron chi connectivity index (χ0n) is 13.6. The van der Waals surface area contributed by atoms with E-state index in [4.69, 9.17) is 0 Å². The first-order valence-corrected chi connectivity index (χ1v) is 9.20. The third-order valence-electron chi connectivity index (χ3n) is 6.22. The van der Waals surface area contributed by atoms with Crippen molar-refractivity contribution < 1.29 is 4.79 Å². The van der Waals surface area contributed by atoms with Gasteiger partial charge >= 0.3 is 0 Å². The van der Waals surface area contributed by atoms with Crippen LogP contribution in [-0.4, -0.2) is 24.5 Å². The van der Waals surface area contributed by atoms with Crippen molar-refractivity contribution in [2.45, 2.75) is 89.6 Å². The summed E-state index contributed by atoms with van der Waals surface area (Å²) in [5, 5.41) is 6.90. The number of carbonyl (C=O) groups is 1. The number of piperidine rings is 1. The Morgan fingerprint density at radius 3 is 2.62 bits per heavy atom. The fourth-order valence-corrected chi connectivity index (χ4v) is 4.71. The number of fused-ring (bicyclic) bond motifs is 1. The molecule has 3 heteroatoms. The lowest BCUT2D eigenvalue weighted by Gasteiger charge is -2.40. The number of nitrogens with one attached hydrogen (secondary N) is 2. The van der Waals surface area contributed by atoms with Crippen LogP contribution >= 0.6 is 0 Å². The van der Waals surface area contributed by atoms with Crippen LogP contribution in [0.3, 0.4) is 0 Å². The summed E-state index contributed by atoms with van der Waals surface area (Å²) in [6.07, 6.45) is 14.2. The highest BCUT2D eigenvalue weighted by atomic mass is 16.2. The van der Waals surface area contributed by atoms with Crippen molar-refractivity contribution in [1.29, 1.82) is 0 Å². The van der Waals surface area contributed by atoms with E-state index in [-0.39, 0.29) is 11.9 Å². The Bertz CT molecular complexity index is 362. The molecule has 1 aliphatic heterocycles. The average molecular weight is 292 g/mol. The van der Waals surface area contributed by atoms with Crippen LogP contribution in [0.15, 0.2) is 0 Å². The summed E-state index contributed by atoms with van der Waals surface area (Å²) in [4.78, 5) is 12.5. The van der Waals surface area contributed by atoms with E-state index in [1.807, 2.05) is 0 Å². The molecule has 3 atom stereocenters. The Balaban J connectivity index is 1.47. The topological polar surface area (TPSA) is 41.1 Å². The van der Waals surface area contributed by atoms with Crippen molar-refractivity contribution in [2.75, 3.05) is 6.54 Å². The summed E-state index contributed by atoms with van der Waals surface area (Å²) >= 11 is 0. The molecule has 0 aromatic rings. The van der Waals surface area contributed by atoms with Crippen molar-refractivity contribution >= 4 is 5.91 Å². The fourth-order valence-electron chi connectivity index (χ4n) is 4.71. The fraction of sp³-hybridized carbons (Fsp3) is 0.944. The number of amides is 1. The molecule has 0 aromatic heterocycles. The molecule has 2 saturated carbocycles. The van der Waals surface area contributed by atoms with Gasteiger partial charge in [-0.3, -0.25) is 4.79 Å². The highest BCUT2D eigenvalue weighted by Crippen LogP contribution is 2.35. The predicted molar refractivity (Wildman–Crippen MR) is 86.1 cm³/mol. The standard InChI is InChI=1S/C18H32N2O/c1-18(11-5-2-6-12-18)13-19-17(21)16-10-9-14-7-3-4-8-15(14)20-16/h14-16,20H,2-13H2,1H3,(H,19,21). The second kappa shape index (κ2) is 6.68. The van der Waals surface area contributed by atoms with Gasteiger partial charge < -0.3 is 10.6 Å². The third kappa shape index (κ3) is 3.80. The van der Waals surface area contributed by atoms with Crippen LogP contribution < -0.4 is 10.6 Å². The second-order valence-electron chi connectivity index (χ2n) is 8.04. The van der Waals surface area contributed by atoms with Crippen LogP contribution in [0.1, 0.15) is 77.6 Å². The number of hydrogen-bond donors (Lipinski definition) is 2. The van der Waals surface area contributed by atoms with Crippen molar-refractivity contribution in [2.24, 2.45) is 11.3 Å². The summed E-state index contributed by atoms with van der Waals surface area (Å²) in [7, 11) is 0. The molecule has 3 nitrogen and oxygen atoms in total. The van der Waals surface area contributed by atoms with Gasteiger partial charge in [-0.05, 0) is 49.9 Å². The Hall–Kier alpha value is -0.570. The molecule has 21 heavy (non-hydrogen) atoms. The molecule has 2 aliphatic carbocycles. The predicted octanol–water partition coefficient (Wildman–Crippen LogP) is 3.38. The Morgan fingerprint density at radius 1 is 1.05 bits per heavy atom. The van der Waals surface area contributed by atoms with E-state index in [9.17, 15) is 4.79 Å². The van der Waals surface area contributed by atoms with Gasteiger partial charge in [0.25, 0.3) is 0 Å². The number of rotatable bonds is 3. The molecule has 3 unspecified atom stereocenters. The highest BCUT2D eigenvalue weighted by Gasteiger charge is 2.35. The van der Waals surface area contributed by atoms with Gasteiger partial charge in [-0.15, -0.1) is 0 Å². The van der Waals surface area contributed by atoms with E-state index >= 15 is 0 Å². The van der Waals surface area contributed by atoms with Crippen LogP contribution in [0.2, 0.25) is 0 Å². The molecule has 120 valence electrons. The van der Waals surface area contributed by atoms with Gasteiger partial charge in [0.15, 0.2) is 0 Å². The summed E-state index contributed by atoms with van der Waals surface area (Å²) in [6, 6.07) is 0.671. The van der Waals surface area contributed by atoms with Crippen molar-refractivity contribution in [3.63, 3.8) is 0 Å². The second-order valence-corrected chi connectivity index (χ2v) is 8.04. The molecule has 1 amide bonds. The lowest BCUT2D eigenvalue weighted by Crippen LogP contribution is -2.55. The van der Waals surface area contributed by atoms with Crippen molar-refractivity contribution in [3.05, 3.63) is 0 Å². The first-order valence-electron chi connectivity index (χ1n) is 9.20. The molecule has 3 aliphatic rings. The number of hydrogen-bond acceptors (Lipinski definition) is 2. The summed E-state index contributed by atoms with van der Waals surface area (Å²) in [6.45, 7) is 3.22. The largest absolute Gasteiger partial charge is 0.354 e. The van der Waals surface area contributed by atoms with Gasteiger partial charge in [0.05, 0.1) is 6.04 Å². The van der Waals surface area contributed by atoms with Crippen LogP contribution in [0, 0.1) is 11.3 Å². The van der Waals surface area contributed by atoms with Crippen LogP contribution in [-0.2, 0) is 4.79 Å². The maximum Gasteiger partial charge on any atom is 0.237 e. The minimum atomic E-state index is 0.0662. The molecule has 3 fully saturated rings. The summed E-state index contributed by atoms with van der Waals surface area (Å²) < 4.78 is 0. The molecule has 2 N–H and O–H groups in total. The van der Waals surface area contributed by atoms with Gasteiger partial charge in [0.1, 0.15) is 0 Å². The van der Waals surface area contributed by atoms with Crippen LogP contribution in [0.25, 0.3) is 0 Å². The molecule has 0 spiro atoms. The molecule has 3 rings (SSSR count). The van der Waals surface area contributed by atoms with Gasteiger partial charge in [-0.1, -0.05) is 39.0 Å². The highest BCUT2D eigenvalue weighted by molar-refractivity contribution is 5.81. The molecule has 1 saturated heterocycles. The molecule has 0 radical (unpaired) electrons. The Labute approximate surface area is 129 Å². The first kappa shape index (κ1) is 15.3. The van der Waals surface area contributed by atoms with Gasteiger partial charge in [-0.25, -0.2) is 0 Å². The molecule has 0 aromatic carbocycles. The Kier molecular flexibility index (Phi) is 4.88. The summed E-state index contributed by atoms with van der Waals surface area (Å²) in [5.74, 6) is 1.09. The molecular weight excluding hydrogens is 260 g/mol. The van der Waals surface area contributed by atoms with E-state index in [0.717, 1.165) is 18.9 Å². The normalized spacial score (nSPS) is 35.8. The zero-order chi connectivity index (χ0) is 14.7. The monoisotopic (exact) mass is 292 g/mol. The maximum absolute atomic E-state index is 12.5. The smallest absolute Gasteiger partial charge is 0.237 e. The minimum absolute atomic E-state index is 0.0662. The SMILES string of the molecule is CC1(CNC(=O)C2CCC3CCCCC3N2)CCCCC1. The molecule has 1 heterocycles. The molecular formula is C18H32N2O. The van der Waals surface area contributed by atoms with Gasteiger partial charge in [0, 0.05) is 12.6 Å². The average Bonchev–Trinajstić information content (AvgIpc) is 2.53. The first-order chi connectivity index (χ1) is 10.2. The lowest BCUT2D eigenvalue weighted by atomic mass is 9.75. The number of carbonyl (C=O) groups excluding carboxylic acids is 1. The van der Waals surface area contributed by atoms with E-state index in [0.29, 0.717) is 11.5 Å². The van der Waals surface area contributed by atoms with E-state index in [1.165, 1.54) is 64.2 Å². The minimum Gasteiger partial charge on any atom is -0.354 e. The van der Waals surface area contributed by atoms with Crippen LogP contribution in [0.5, 0.6) is 0 Å². The van der Waals surface area contributed by atoms with Crippen molar-refractivity contribution in [1.82, 2.24) is 10.6 Å². The van der Waals surface area contributed by atoms with Gasteiger partial charge in [0.2, 0.25) is 5.91 Å². The van der Waals surface area contributed by atoms with Crippen molar-refractivity contribution in [3.8, 4) is 0 Å². The Morgan fingerprint density at radius 2 is 1.81 bits per heavy atom. The maximum atomic E-state index is 12.5. The third-order valence-corrected chi connectivity index (χ3v) is 6.22. The summed E-state index contributed by atoms with van der Waals surface area (Å²) in [5.41, 5.74) is 0.343. The quantitative estimate of drug-likeness (QED) is 0.837. The molecule has 0 bridgehead atoms. The van der Waals surface area contributed by atoms with Gasteiger partial charge in [-0.2, -0.15) is 0 Å². The lowest BCUT2D eigenvalue weighted by molar-refractivity contribution is -0.125. The van der Waals surface area contributed by atoms with Crippen LogP contribution in [0.4, 0.5) is 0 Å². The van der Waals surface area contributed by atoms with E-state index in [2.05, 4.69) is 17.6 Å². The van der Waals surface area contributed by atoms with E-state index < -0.39 is 0 Å². The zero-order valence-corrected chi connectivity index (χ0v) is 13.6. The van der Waals surface area contributed by atoms with E-state index in [1.54, 1.807) is 0 Å².